The minimum atomic E-state index is -0.282. The third-order valence-corrected chi connectivity index (χ3v) is 5.61. The van der Waals surface area contributed by atoms with Crippen LogP contribution in [0.1, 0.15) is 42.7 Å². The van der Waals surface area contributed by atoms with Gasteiger partial charge >= 0.3 is 0 Å². The number of amides is 1. The van der Waals surface area contributed by atoms with Gasteiger partial charge in [-0.3, -0.25) is 4.79 Å². The Morgan fingerprint density at radius 2 is 1.47 bits per heavy atom. The van der Waals surface area contributed by atoms with E-state index in [0.29, 0.717) is 12.1 Å². The molecule has 0 saturated heterocycles. The van der Waals surface area contributed by atoms with Gasteiger partial charge in [0.25, 0.3) is 5.91 Å². The minimum Gasteiger partial charge on any atom is -0.343 e. The Morgan fingerprint density at radius 3 is 2.03 bits per heavy atom. The monoisotopic (exact) mass is 426 g/mol. The van der Waals surface area contributed by atoms with Gasteiger partial charge in [-0.2, -0.15) is 0 Å². The Kier molecular flexibility index (Phi) is 6.22. The second-order valence-corrected chi connectivity index (χ2v) is 8.08. The molecule has 162 valence electrons. The summed E-state index contributed by atoms with van der Waals surface area (Å²) in [5, 5.41) is 3.08. The first kappa shape index (κ1) is 21.6. The summed E-state index contributed by atoms with van der Waals surface area (Å²) in [4.78, 5) is 13.7. The van der Waals surface area contributed by atoms with Crippen molar-refractivity contribution in [3.63, 3.8) is 0 Å². The number of rotatable bonds is 6. The summed E-state index contributed by atoms with van der Waals surface area (Å²) >= 11 is 0. The zero-order valence-corrected chi connectivity index (χ0v) is 18.6. The first-order valence-electron chi connectivity index (χ1n) is 10.9. The van der Waals surface area contributed by atoms with Crippen LogP contribution < -0.4 is 5.32 Å². The van der Waals surface area contributed by atoms with Crippen LogP contribution in [0.25, 0.3) is 22.4 Å². The molecular formula is C28H27FN2O. The molecule has 4 aromatic rings. The van der Waals surface area contributed by atoms with Gasteiger partial charge in [0.1, 0.15) is 5.82 Å². The van der Waals surface area contributed by atoms with Gasteiger partial charge < -0.3 is 9.88 Å². The molecule has 0 aliphatic rings. The Bertz CT molecular complexity index is 1210. The van der Waals surface area contributed by atoms with Gasteiger partial charge in [0, 0.05) is 23.5 Å². The number of anilines is 1. The van der Waals surface area contributed by atoms with E-state index >= 15 is 0 Å². The molecule has 1 N–H and O–H groups in total. The smallest absolute Gasteiger partial charge is 0.258 e. The maximum absolute atomic E-state index is 13.7. The molecule has 0 fully saturated rings. The molecule has 1 aromatic heterocycles. The fourth-order valence-electron chi connectivity index (χ4n) is 4.30. The quantitative estimate of drug-likeness (QED) is 0.343. The van der Waals surface area contributed by atoms with Gasteiger partial charge in [-0.25, -0.2) is 4.39 Å². The predicted molar refractivity (Wildman–Crippen MR) is 129 cm³/mol. The Balaban J connectivity index is 2.02. The summed E-state index contributed by atoms with van der Waals surface area (Å²) in [5.74, 6) is -0.312. The Labute approximate surface area is 188 Å². The molecule has 0 spiro atoms. The van der Waals surface area contributed by atoms with Gasteiger partial charge in [0.2, 0.25) is 0 Å². The van der Waals surface area contributed by atoms with Crippen LogP contribution in [0.15, 0.2) is 84.9 Å². The van der Waals surface area contributed by atoms with Crippen LogP contribution >= 0.6 is 0 Å². The molecule has 1 amide bonds. The lowest BCUT2D eigenvalue weighted by molar-refractivity contribution is 0.102. The molecule has 3 nitrogen and oxygen atoms in total. The van der Waals surface area contributed by atoms with Gasteiger partial charge in [0.05, 0.1) is 11.3 Å². The summed E-state index contributed by atoms with van der Waals surface area (Å²) in [6.45, 7) is 6.97. The van der Waals surface area contributed by atoms with Crippen LogP contribution in [-0.4, -0.2) is 10.5 Å². The molecule has 0 radical (unpaired) electrons. The zero-order valence-electron chi connectivity index (χ0n) is 18.6. The van der Waals surface area contributed by atoms with Gasteiger partial charge in [-0.1, -0.05) is 62.4 Å². The molecule has 4 heteroatoms. The number of hydrogen-bond acceptors (Lipinski definition) is 1. The highest BCUT2D eigenvalue weighted by atomic mass is 19.1. The summed E-state index contributed by atoms with van der Waals surface area (Å²) in [7, 11) is 0. The molecule has 0 saturated carbocycles. The summed E-state index contributed by atoms with van der Waals surface area (Å²) in [6, 6.07) is 25.9. The van der Waals surface area contributed by atoms with Gasteiger partial charge in [-0.15, -0.1) is 0 Å². The molecule has 3 aromatic carbocycles. The van der Waals surface area contributed by atoms with Crippen molar-refractivity contribution in [1.29, 1.82) is 0 Å². The largest absolute Gasteiger partial charge is 0.343 e. The number of hydrogen-bond donors (Lipinski definition) is 1. The van der Waals surface area contributed by atoms with E-state index in [1.807, 2.05) is 60.7 Å². The van der Waals surface area contributed by atoms with E-state index in [4.69, 9.17) is 0 Å². The maximum atomic E-state index is 13.7. The highest BCUT2D eigenvalue weighted by molar-refractivity contribution is 6.12. The molecule has 1 heterocycles. The van der Waals surface area contributed by atoms with Gasteiger partial charge in [0.15, 0.2) is 0 Å². The van der Waals surface area contributed by atoms with E-state index in [9.17, 15) is 9.18 Å². The summed E-state index contributed by atoms with van der Waals surface area (Å²) < 4.78 is 15.9. The lowest BCUT2D eigenvalue weighted by Crippen LogP contribution is -2.16. The van der Waals surface area contributed by atoms with E-state index in [0.717, 1.165) is 33.8 Å². The number of nitrogens with zero attached hydrogens (tertiary/aromatic N) is 1. The van der Waals surface area contributed by atoms with Crippen molar-refractivity contribution >= 4 is 11.6 Å². The lowest BCUT2D eigenvalue weighted by atomic mass is 9.94. The van der Waals surface area contributed by atoms with Crippen LogP contribution in [0.4, 0.5) is 10.1 Å². The summed E-state index contributed by atoms with van der Waals surface area (Å²) in [5.41, 5.74) is 6.03. The number of benzene rings is 3. The number of para-hydroxylation sites is 1. The molecular weight excluding hydrogens is 399 g/mol. The predicted octanol–water partition coefficient (Wildman–Crippen LogP) is 7.36. The number of aromatic nitrogens is 1. The van der Waals surface area contributed by atoms with Crippen LogP contribution in [0.5, 0.6) is 0 Å². The molecule has 0 unspecified atom stereocenters. The number of carbonyl (C=O) groups is 1. The van der Waals surface area contributed by atoms with Crippen molar-refractivity contribution in [3.05, 3.63) is 102 Å². The van der Waals surface area contributed by atoms with E-state index < -0.39 is 0 Å². The number of halogens is 1. The van der Waals surface area contributed by atoms with Crippen molar-refractivity contribution < 1.29 is 9.18 Å². The first-order valence-corrected chi connectivity index (χ1v) is 10.9. The van der Waals surface area contributed by atoms with Crippen molar-refractivity contribution in [3.8, 4) is 22.4 Å². The molecule has 0 aliphatic heterocycles. The Hall–Kier alpha value is -3.66. The molecule has 0 atom stereocenters. The molecule has 4 rings (SSSR count). The van der Waals surface area contributed by atoms with E-state index in [1.54, 1.807) is 12.1 Å². The van der Waals surface area contributed by atoms with Crippen molar-refractivity contribution in [1.82, 2.24) is 4.57 Å². The summed E-state index contributed by atoms with van der Waals surface area (Å²) in [6.07, 6.45) is 0. The average molecular weight is 427 g/mol. The van der Waals surface area contributed by atoms with Crippen LogP contribution in [-0.2, 0) is 6.54 Å². The SMILES string of the molecule is CCn1c(-c2ccc(F)cc2)c(-c2ccccc2)c(C(=O)Nc2ccccc2)c1C(C)C. The molecule has 32 heavy (non-hydrogen) atoms. The maximum Gasteiger partial charge on any atom is 0.258 e. The minimum absolute atomic E-state index is 0.114. The first-order chi connectivity index (χ1) is 15.5. The number of nitrogens with one attached hydrogen (secondary N) is 1. The second-order valence-electron chi connectivity index (χ2n) is 8.08. The van der Waals surface area contributed by atoms with Crippen LogP contribution in [0.2, 0.25) is 0 Å². The standard InChI is InChI=1S/C28H27FN2O/c1-4-31-26(19(2)3)25(28(32)30-23-13-9-6-10-14-23)24(20-11-7-5-8-12-20)27(31)21-15-17-22(29)18-16-21/h5-19H,4H2,1-3H3,(H,30,32). The van der Waals surface area contributed by atoms with Crippen molar-refractivity contribution in [2.45, 2.75) is 33.2 Å². The molecule has 0 bridgehead atoms. The lowest BCUT2D eigenvalue weighted by Gasteiger charge is -2.15. The fourth-order valence-corrected chi connectivity index (χ4v) is 4.30. The highest BCUT2D eigenvalue weighted by Crippen LogP contribution is 2.42. The topological polar surface area (TPSA) is 34.0 Å². The normalized spacial score (nSPS) is 11.0. The Morgan fingerprint density at radius 1 is 0.875 bits per heavy atom. The fraction of sp³-hybridized carbons (Fsp3) is 0.179. The highest BCUT2D eigenvalue weighted by Gasteiger charge is 2.29. The average Bonchev–Trinajstić information content (AvgIpc) is 3.16. The van der Waals surface area contributed by atoms with E-state index in [-0.39, 0.29) is 17.6 Å². The van der Waals surface area contributed by atoms with Gasteiger partial charge in [-0.05, 0) is 60.4 Å². The van der Waals surface area contributed by atoms with Crippen LogP contribution in [0, 0.1) is 5.82 Å². The zero-order chi connectivity index (χ0) is 22.7. The van der Waals surface area contributed by atoms with E-state index in [2.05, 4.69) is 30.7 Å². The second kappa shape index (κ2) is 9.23. The van der Waals surface area contributed by atoms with Crippen LogP contribution in [0.3, 0.4) is 0 Å². The van der Waals surface area contributed by atoms with E-state index in [1.165, 1.54) is 12.1 Å². The van der Waals surface area contributed by atoms with Crippen molar-refractivity contribution in [2.24, 2.45) is 0 Å². The molecule has 0 aliphatic carbocycles. The third-order valence-electron chi connectivity index (χ3n) is 5.61. The number of carbonyl (C=O) groups excluding carboxylic acids is 1. The van der Waals surface area contributed by atoms with Crippen molar-refractivity contribution in [2.75, 3.05) is 5.32 Å². The third kappa shape index (κ3) is 4.09.